The van der Waals surface area contributed by atoms with Gasteiger partial charge < -0.3 is 120 Å². The summed E-state index contributed by atoms with van der Waals surface area (Å²) in [5, 5.41) is 104. The van der Waals surface area contributed by atoms with Crippen LogP contribution in [0.1, 0.15) is 183 Å². The summed E-state index contributed by atoms with van der Waals surface area (Å²) < 4.78 is 57.7. The minimum Gasteiger partial charge on any atom is -0.394 e. The molecule has 0 spiro atoms. The third kappa shape index (κ3) is 39.0. The first-order chi connectivity index (χ1) is 46.5. The van der Waals surface area contributed by atoms with Gasteiger partial charge in [0.15, 0.2) is 18.9 Å². The van der Waals surface area contributed by atoms with Gasteiger partial charge in [-0.1, -0.05) is 92.9 Å². The van der Waals surface area contributed by atoms with Crippen molar-refractivity contribution < 1.29 is 117 Å². The van der Waals surface area contributed by atoms with Gasteiger partial charge in [-0.05, 0) is 63.7 Å². The molecule has 0 aromatic rings. The molecular weight excluding hydrogens is 1270 g/mol. The minimum atomic E-state index is -1.36. The van der Waals surface area contributed by atoms with Crippen molar-refractivity contribution in [3.05, 3.63) is 0 Å². The SMILES string of the molecule is CC(C)C.COCCCCCCNC(=O)CCCC(=O)NC(COCCC(=O)NCCCCCCO[C@@H]1OC(CO)[C@H](O)C(O)[C@@H]1C)(COCCC(=O)NCCCCCCO[C@@H]1OC(CO)[C@H](O)C(O)[C@@H]1C)COCCC(=O)NCCCCCCO[C@@H]1OC(CO)[C@H](O)C(O)[C@@H]1C. The van der Waals surface area contributed by atoms with Gasteiger partial charge in [-0.15, -0.1) is 0 Å². The van der Waals surface area contributed by atoms with Crippen LogP contribution in [0.4, 0.5) is 0 Å². The second-order valence-corrected chi connectivity index (χ2v) is 26.7. The van der Waals surface area contributed by atoms with Crippen molar-refractivity contribution in [2.75, 3.05) is 119 Å². The van der Waals surface area contributed by atoms with Gasteiger partial charge in [0, 0.05) is 110 Å². The van der Waals surface area contributed by atoms with Crippen LogP contribution in [0.3, 0.4) is 0 Å². The zero-order chi connectivity index (χ0) is 71.8. The zero-order valence-electron chi connectivity index (χ0n) is 59.5. The quantitative estimate of drug-likeness (QED) is 0.0384. The number of carbonyl (C=O) groups excluding carboxylic acids is 5. The van der Waals surface area contributed by atoms with Gasteiger partial charge in [0.05, 0.1) is 77.8 Å². The van der Waals surface area contributed by atoms with Gasteiger partial charge in [0.2, 0.25) is 29.5 Å². The number of hydrogen-bond acceptors (Lipinski definition) is 24. The number of hydrogen-bond donors (Lipinski definition) is 14. The predicted octanol–water partition coefficient (Wildman–Crippen LogP) is 1.52. The number of nitrogens with one attached hydrogen (secondary N) is 5. The fourth-order valence-electron chi connectivity index (χ4n) is 10.9. The molecular formula is C68H129N5O24. The monoisotopic (exact) mass is 1400 g/mol. The molecule has 29 nitrogen and oxygen atoms in total. The molecule has 14 N–H and O–H groups in total. The van der Waals surface area contributed by atoms with Gasteiger partial charge in [0.1, 0.15) is 42.2 Å². The van der Waals surface area contributed by atoms with Crippen molar-refractivity contribution in [3.63, 3.8) is 0 Å². The Labute approximate surface area is 576 Å². The fraction of sp³-hybridized carbons (Fsp3) is 0.926. The summed E-state index contributed by atoms with van der Waals surface area (Å²) in [5.74, 6) is -1.98. The predicted molar refractivity (Wildman–Crippen MR) is 358 cm³/mol. The number of amides is 5. The van der Waals surface area contributed by atoms with Gasteiger partial charge in [-0.2, -0.15) is 0 Å². The molecule has 0 aliphatic carbocycles. The highest BCUT2D eigenvalue weighted by Crippen LogP contribution is 2.30. The lowest BCUT2D eigenvalue weighted by atomic mass is 9.92. The van der Waals surface area contributed by atoms with Gasteiger partial charge in [-0.3, -0.25) is 24.0 Å². The van der Waals surface area contributed by atoms with Crippen LogP contribution in [0.25, 0.3) is 0 Å². The van der Waals surface area contributed by atoms with E-state index in [0.717, 1.165) is 70.1 Å². The molecule has 0 bridgehead atoms. The van der Waals surface area contributed by atoms with E-state index in [1.54, 1.807) is 27.9 Å². The van der Waals surface area contributed by atoms with Gasteiger partial charge >= 0.3 is 0 Å². The van der Waals surface area contributed by atoms with E-state index in [0.29, 0.717) is 91.1 Å². The molecule has 3 rings (SSSR count). The van der Waals surface area contributed by atoms with E-state index < -0.39 is 123 Å². The molecule has 0 saturated carbocycles. The standard InChI is InChI=1S/C64H119N5O24.C4H10/c1-44-55(78)58(81)47(38-70)91-61(44)88-32-18-10-6-14-28-66-51(74)24-35-85-41-64(69-54(77)23-21-22-50(73)65-27-13-5-9-17-31-84-4,42-86-36-25-52(75)67-29-15-7-11-19-33-89-62-45(2)56(79)59(82)48(39-71)92-62)43-87-37-26-53(76)68-30-16-8-12-20-34-90-63-46(3)57(80)60(83)49(40-72)93-63;1-4(2)3/h44-49,55-63,70-72,78-83H,5-43H2,1-4H3,(H,65,73)(H,66,74)(H,67,75)(H,68,76)(H,69,77);4H,1-3H3/t44-,45-,46-,47?,48?,49?,55?,56?,57?,58-,59-,60-,61+,62+,63+,64?;/m0./s1. The molecule has 3 fully saturated rings. The summed E-state index contributed by atoms with van der Waals surface area (Å²) in [6.45, 7) is 13.1. The Morgan fingerprint density at radius 3 is 0.928 bits per heavy atom. The molecule has 3 aliphatic heterocycles. The summed E-state index contributed by atoms with van der Waals surface area (Å²) in [6.07, 6.45) is 0.964. The third-order valence-corrected chi connectivity index (χ3v) is 17.0. The Balaban J connectivity index is 0.00000777. The number of unbranched alkanes of at least 4 members (excludes halogenated alkanes) is 12. The van der Waals surface area contributed by atoms with Crippen LogP contribution >= 0.6 is 0 Å². The number of carbonyl (C=O) groups is 5. The summed E-state index contributed by atoms with van der Waals surface area (Å²) in [7, 11) is 1.66. The maximum atomic E-state index is 13.8. The number of methoxy groups -OCH3 is 1. The maximum Gasteiger partial charge on any atom is 0.222 e. The van der Waals surface area contributed by atoms with Crippen LogP contribution in [0.15, 0.2) is 0 Å². The van der Waals surface area contributed by atoms with Gasteiger partial charge in [0.25, 0.3) is 0 Å². The molecule has 3 aliphatic rings. The minimum absolute atomic E-state index is 0.00666. The normalized spacial score (nSPS) is 26.3. The van der Waals surface area contributed by atoms with Crippen LogP contribution in [0, 0.1) is 23.7 Å². The molecule has 570 valence electrons. The van der Waals surface area contributed by atoms with Crippen LogP contribution in [0.5, 0.6) is 0 Å². The maximum absolute atomic E-state index is 13.8. The smallest absolute Gasteiger partial charge is 0.222 e. The van der Waals surface area contributed by atoms with Crippen molar-refractivity contribution in [3.8, 4) is 0 Å². The Bertz CT molecular complexity index is 1860. The summed E-state index contributed by atoms with van der Waals surface area (Å²) in [6, 6.07) is 0. The fourth-order valence-corrected chi connectivity index (χ4v) is 10.9. The van der Waals surface area contributed by atoms with Crippen molar-refractivity contribution in [1.29, 1.82) is 0 Å². The van der Waals surface area contributed by atoms with Crippen molar-refractivity contribution >= 4 is 29.5 Å². The Hall–Kier alpha value is -3.41. The van der Waals surface area contributed by atoms with Crippen molar-refractivity contribution in [1.82, 2.24) is 26.6 Å². The molecule has 15 atom stereocenters. The number of rotatable bonds is 54. The van der Waals surface area contributed by atoms with Crippen LogP contribution < -0.4 is 26.6 Å². The van der Waals surface area contributed by atoms with Crippen LogP contribution in [-0.2, 0) is 71.3 Å². The highest BCUT2D eigenvalue weighted by atomic mass is 16.7. The average molecular weight is 1400 g/mol. The van der Waals surface area contributed by atoms with Gasteiger partial charge in [-0.25, -0.2) is 0 Å². The molecule has 3 saturated heterocycles. The lowest BCUT2D eigenvalue weighted by Crippen LogP contribution is -2.58. The number of aliphatic hydroxyl groups excluding tert-OH is 9. The molecule has 0 aromatic heterocycles. The summed E-state index contributed by atoms with van der Waals surface area (Å²) in [5.41, 5.74) is -1.36. The van der Waals surface area contributed by atoms with Crippen molar-refractivity contribution in [2.24, 2.45) is 23.7 Å². The summed E-state index contributed by atoms with van der Waals surface area (Å²) >= 11 is 0. The molecule has 29 heteroatoms. The molecule has 5 amide bonds. The average Bonchev–Trinajstić information content (AvgIpc) is 0.848. The van der Waals surface area contributed by atoms with Crippen LogP contribution in [0.2, 0.25) is 0 Å². The van der Waals surface area contributed by atoms with E-state index in [1.165, 1.54) is 0 Å². The van der Waals surface area contributed by atoms with E-state index >= 15 is 0 Å². The lowest BCUT2D eigenvalue weighted by molar-refractivity contribution is -0.282. The Morgan fingerprint density at radius 1 is 0.371 bits per heavy atom. The number of aliphatic hydroxyl groups is 9. The lowest BCUT2D eigenvalue weighted by Gasteiger charge is -2.40. The van der Waals surface area contributed by atoms with E-state index in [1.807, 2.05) is 0 Å². The zero-order valence-corrected chi connectivity index (χ0v) is 59.5. The molecule has 6 unspecified atom stereocenters. The first-order valence-corrected chi connectivity index (χ1v) is 35.9. The van der Waals surface area contributed by atoms with Crippen LogP contribution in [-0.4, -0.2) is 274 Å². The van der Waals surface area contributed by atoms with E-state index in [-0.39, 0.29) is 102 Å². The second-order valence-electron chi connectivity index (χ2n) is 26.7. The van der Waals surface area contributed by atoms with Crippen molar-refractivity contribution in [2.45, 2.75) is 262 Å². The van der Waals surface area contributed by atoms with E-state index in [2.05, 4.69) is 47.4 Å². The Kier molecular flexibility index (Phi) is 50.2. The third-order valence-electron chi connectivity index (χ3n) is 17.0. The first-order valence-electron chi connectivity index (χ1n) is 35.9. The van der Waals surface area contributed by atoms with E-state index in [4.69, 9.17) is 47.4 Å². The van der Waals surface area contributed by atoms with E-state index in [9.17, 15) is 69.9 Å². The highest BCUT2D eigenvalue weighted by molar-refractivity contribution is 5.79. The topological polar surface area (TPSA) is 420 Å². The molecule has 0 aromatic carbocycles. The summed E-state index contributed by atoms with van der Waals surface area (Å²) in [4.78, 5) is 65.5. The molecule has 0 radical (unpaired) electrons. The Morgan fingerprint density at radius 2 is 0.639 bits per heavy atom. The highest BCUT2D eigenvalue weighted by Gasteiger charge is 2.45. The number of ether oxygens (including phenoxy) is 10. The molecule has 3 heterocycles. The first kappa shape index (κ1) is 89.7. The second kappa shape index (κ2) is 54.3. The molecule has 97 heavy (non-hydrogen) atoms. The largest absolute Gasteiger partial charge is 0.394 e.